The van der Waals surface area contributed by atoms with Gasteiger partial charge < -0.3 is 9.47 Å². The quantitative estimate of drug-likeness (QED) is 0.558. The molecule has 0 amide bonds. The van der Waals surface area contributed by atoms with Crippen molar-refractivity contribution in [1.82, 2.24) is 19.6 Å². The van der Waals surface area contributed by atoms with Crippen molar-refractivity contribution >= 4 is 28.3 Å². The van der Waals surface area contributed by atoms with E-state index >= 15 is 0 Å². The molecule has 2 aromatic carbocycles. The molecule has 7 heteroatoms. The average molecular weight is 355 g/mol. The fourth-order valence-corrected chi connectivity index (χ4v) is 3.12. The summed E-state index contributed by atoms with van der Waals surface area (Å²) in [4.78, 5) is 4.68. The zero-order valence-electron chi connectivity index (χ0n) is 13.9. The van der Waals surface area contributed by atoms with Gasteiger partial charge in [0.05, 0.1) is 30.5 Å². The van der Waals surface area contributed by atoms with Gasteiger partial charge in [0.1, 0.15) is 11.6 Å². The number of hydrogen-bond acceptors (Lipinski definition) is 5. The average Bonchev–Trinajstić information content (AvgIpc) is 2.98. The van der Waals surface area contributed by atoms with E-state index in [4.69, 9.17) is 21.1 Å². The monoisotopic (exact) mass is 354 g/mol. The highest BCUT2D eigenvalue weighted by Gasteiger charge is 2.19. The Labute approximate surface area is 149 Å². The van der Waals surface area contributed by atoms with E-state index in [1.165, 1.54) is 0 Å². The predicted molar refractivity (Wildman–Crippen MR) is 96.6 cm³/mol. The van der Waals surface area contributed by atoms with Crippen molar-refractivity contribution in [3.05, 3.63) is 47.1 Å². The van der Waals surface area contributed by atoms with E-state index in [1.54, 1.807) is 20.3 Å². The van der Waals surface area contributed by atoms with Crippen LogP contribution in [0.25, 0.3) is 28.1 Å². The minimum absolute atomic E-state index is 0.584. The Kier molecular flexibility index (Phi) is 3.69. The number of nitrogens with zero attached hydrogens (tertiary/aromatic N) is 4. The van der Waals surface area contributed by atoms with Crippen LogP contribution in [0.4, 0.5) is 0 Å². The Morgan fingerprint density at radius 2 is 1.84 bits per heavy atom. The molecule has 4 aromatic rings. The third-order valence-corrected chi connectivity index (χ3v) is 4.43. The van der Waals surface area contributed by atoms with Crippen LogP contribution in [0.5, 0.6) is 11.5 Å². The lowest BCUT2D eigenvalue weighted by atomic mass is 10.2. The summed E-state index contributed by atoms with van der Waals surface area (Å²) >= 11 is 6.40. The topological polar surface area (TPSA) is 61.5 Å². The summed E-state index contributed by atoms with van der Waals surface area (Å²) in [5, 5.41) is 9.28. The first-order valence-electron chi connectivity index (χ1n) is 7.66. The van der Waals surface area contributed by atoms with Gasteiger partial charge in [0.15, 0.2) is 16.9 Å². The minimum atomic E-state index is 0.584. The fraction of sp³-hybridized carbons (Fsp3) is 0.167. The molecule has 0 unspecified atom stereocenters. The smallest absolute Gasteiger partial charge is 0.183 e. The molecule has 0 fully saturated rings. The van der Waals surface area contributed by atoms with Crippen LogP contribution in [0.15, 0.2) is 36.4 Å². The molecular weight excluding hydrogens is 340 g/mol. The summed E-state index contributed by atoms with van der Waals surface area (Å²) in [6.07, 6.45) is 0. The van der Waals surface area contributed by atoms with Gasteiger partial charge in [0, 0.05) is 17.7 Å². The first-order valence-corrected chi connectivity index (χ1v) is 8.04. The van der Waals surface area contributed by atoms with E-state index in [1.807, 2.05) is 41.7 Å². The number of imidazole rings is 1. The Hall–Kier alpha value is -2.86. The number of rotatable bonds is 3. The summed E-state index contributed by atoms with van der Waals surface area (Å²) in [7, 11) is 3.20. The molecule has 2 aromatic heterocycles. The molecule has 6 nitrogen and oxygen atoms in total. The molecule has 4 rings (SSSR count). The molecule has 0 bridgehead atoms. The molecule has 0 aliphatic heterocycles. The van der Waals surface area contributed by atoms with Gasteiger partial charge in [-0.3, -0.25) is 4.40 Å². The van der Waals surface area contributed by atoms with Gasteiger partial charge in [-0.15, -0.1) is 10.2 Å². The van der Waals surface area contributed by atoms with Crippen molar-refractivity contribution in [3.8, 4) is 22.9 Å². The standard InChI is InChI=1S/C18H15ClN4O2/c1-10-17-22-21-16-14(8-11(24-2)9-15(16)25-3)23(17)18(20-10)12-6-4-5-7-13(12)19/h4-9H,1-3H3. The summed E-state index contributed by atoms with van der Waals surface area (Å²) in [6, 6.07) is 11.3. The van der Waals surface area contributed by atoms with Crippen molar-refractivity contribution in [2.75, 3.05) is 14.2 Å². The van der Waals surface area contributed by atoms with Crippen LogP contribution in [-0.4, -0.2) is 33.8 Å². The molecule has 25 heavy (non-hydrogen) atoms. The van der Waals surface area contributed by atoms with E-state index in [2.05, 4.69) is 15.2 Å². The van der Waals surface area contributed by atoms with Gasteiger partial charge in [-0.25, -0.2) is 4.98 Å². The summed E-state index contributed by atoms with van der Waals surface area (Å²) < 4.78 is 12.8. The van der Waals surface area contributed by atoms with Crippen molar-refractivity contribution in [1.29, 1.82) is 0 Å². The van der Waals surface area contributed by atoms with Crippen LogP contribution in [0.1, 0.15) is 5.69 Å². The molecule has 2 heterocycles. The maximum absolute atomic E-state index is 6.40. The molecule has 0 aliphatic rings. The van der Waals surface area contributed by atoms with Gasteiger partial charge in [-0.1, -0.05) is 23.7 Å². The van der Waals surface area contributed by atoms with Crippen LogP contribution in [0.2, 0.25) is 5.02 Å². The number of halogens is 1. The maximum atomic E-state index is 6.40. The van der Waals surface area contributed by atoms with Crippen molar-refractivity contribution in [2.24, 2.45) is 0 Å². The van der Waals surface area contributed by atoms with E-state index in [0.29, 0.717) is 33.5 Å². The number of aromatic nitrogens is 4. The SMILES string of the molecule is COc1cc(OC)c2nnc3c(C)nc(-c4ccccc4Cl)n3c2c1. The molecule has 0 aliphatic carbocycles. The summed E-state index contributed by atoms with van der Waals surface area (Å²) in [5.41, 5.74) is 3.67. The second-order valence-electron chi connectivity index (χ2n) is 5.56. The Morgan fingerprint density at radius 3 is 2.56 bits per heavy atom. The van der Waals surface area contributed by atoms with Crippen LogP contribution >= 0.6 is 11.6 Å². The second kappa shape index (κ2) is 5.89. The molecule has 0 spiro atoms. The van der Waals surface area contributed by atoms with Crippen LogP contribution in [-0.2, 0) is 0 Å². The zero-order chi connectivity index (χ0) is 17.6. The van der Waals surface area contributed by atoms with Gasteiger partial charge in [-0.2, -0.15) is 0 Å². The Bertz CT molecular complexity index is 1110. The van der Waals surface area contributed by atoms with E-state index in [9.17, 15) is 0 Å². The lowest BCUT2D eigenvalue weighted by molar-refractivity contribution is 0.397. The van der Waals surface area contributed by atoms with Gasteiger partial charge in [0.25, 0.3) is 0 Å². The third kappa shape index (κ3) is 2.37. The fourth-order valence-electron chi connectivity index (χ4n) is 2.90. The predicted octanol–water partition coefficient (Wildman–Crippen LogP) is 3.92. The Balaban J connectivity index is 2.18. The normalized spacial score (nSPS) is 11.2. The zero-order valence-corrected chi connectivity index (χ0v) is 14.7. The number of methoxy groups -OCH3 is 2. The van der Waals surface area contributed by atoms with Crippen LogP contribution in [0, 0.1) is 6.92 Å². The van der Waals surface area contributed by atoms with Gasteiger partial charge in [-0.05, 0) is 19.1 Å². The number of ether oxygens (including phenoxy) is 2. The first kappa shape index (κ1) is 15.7. The van der Waals surface area contributed by atoms with Crippen LogP contribution < -0.4 is 9.47 Å². The first-order chi connectivity index (χ1) is 12.1. The number of fused-ring (bicyclic) bond motifs is 3. The van der Waals surface area contributed by atoms with Crippen molar-refractivity contribution < 1.29 is 9.47 Å². The lowest BCUT2D eigenvalue weighted by Gasteiger charge is -2.10. The molecule has 126 valence electrons. The molecule has 0 N–H and O–H groups in total. The Morgan fingerprint density at radius 1 is 1.04 bits per heavy atom. The van der Waals surface area contributed by atoms with Crippen molar-refractivity contribution in [3.63, 3.8) is 0 Å². The van der Waals surface area contributed by atoms with E-state index in [-0.39, 0.29) is 0 Å². The molecule has 0 saturated heterocycles. The highest BCUT2D eigenvalue weighted by atomic mass is 35.5. The number of aryl methyl sites for hydroxylation is 1. The third-order valence-electron chi connectivity index (χ3n) is 4.11. The molecule has 0 radical (unpaired) electrons. The molecule has 0 saturated carbocycles. The summed E-state index contributed by atoms with van der Waals surface area (Å²) in [5.74, 6) is 1.95. The van der Waals surface area contributed by atoms with Crippen molar-refractivity contribution in [2.45, 2.75) is 6.92 Å². The van der Waals surface area contributed by atoms with Crippen LogP contribution in [0.3, 0.4) is 0 Å². The number of hydrogen-bond donors (Lipinski definition) is 0. The van der Waals surface area contributed by atoms with E-state index in [0.717, 1.165) is 16.8 Å². The number of benzene rings is 2. The lowest BCUT2D eigenvalue weighted by Crippen LogP contribution is -2.00. The molecular formula is C18H15ClN4O2. The summed E-state index contributed by atoms with van der Waals surface area (Å²) in [6.45, 7) is 1.90. The van der Waals surface area contributed by atoms with Gasteiger partial charge >= 0.3 is 0 Å². The molecule has 0 atom stereocenters. The minimum Gasteiger partial charge on any atom is -0.497 e. The van der Waals surface area contributed by atoms with E-state index < -0.39 is 0 Å². The maximum Gasteiger partial charge on any atom is 0.183 e. The van der Waals surface area contributed by atoms with Gasteiger partial charge in [0.2, 0.25) is 0 Å². The highest BCUT2D eigenvalue weighted by molar-refractivity contribution is 6.33. The largest absolute Gasteiger partial charge is 0.497 e. The second-order valence-corrected chi connectivity index (χ2v) is 5.96. The highest BCUT2D eigenvalue weighted by Crippen LogP contribution is 2.34.